The van der Waals surface area contributed by atoms with Gasteiger partial charge >= 0.3 is 0 Å². The van der Waals surface area contributed by atoms with Gasteiger partial charge in [-0.1, -0.05) is 0 Å². The molecule has 1 fully saturated rings. The maximum Gasteiger partial charge on any atom is 0.240 e. The number of hydrogen-bond acceptors (Lipinski definition) is 4. The zero-order valence-electron chi connectivity index (χ0n) is 10.1. The zero-order chi connectivity index (χ0) is 13.2. The van der Waals surface area contributed by atoms with Gasteiger partial charge in [-0.05, 0) is 44.3 Å². The number of rotatable bonds is 3. The first-order chi connectivity index (χ1) is 8.51. The highest BCUT2D eigenvalue weighted by molar-refractivity contribution is 7.89. The van der Waals surface area contributed by atoms with Crippen molar-refractivity contribution in [2.24, 2.45) is 0 Å². The van der Waals surface area contributed by atoms with E-state index in [9.17, 15) is 8.42 Å². The van der Waals surface area contributed by atoms with Crippen molar-refractivity contribution in [2.75, 3.05) is 20.1 Å². The Hall–Kier alpha value is -1.42. The monoisotopic (exact) mass is 265 g/mol. The quantitative estimate of drug-likeness (QED) is 0.865. The van der Waals surface area contributed by atoms with Gasteiger partial charge in [0.05, 0.1) is 16.5 Å². The van der Waals surface area contributed by atoms with E-state index in [0.717, 1.165) is 19.5 Å². The fourth-order valence-electron chi connectivity index (χ4n) is 2.03. The smallest absolute Gasteiger partial charge is 0.240 e. The van der Waals surface area contributed by atoms with Crippen LogP contribution in [0.2, 0.25) is 0 Å². The SMILES string of the molecule is CN1CCC(NS(=O)(=O)c2ccc(C#N)cc2)C1. The molecular weight excluding hydrogens is 250 g/mol. The molecule has 0 amide bonds. The molecule has 0 saturated carbocycles. The van der Waals surface area contributed by atoms with Gasteiger partial charge < -0.3 is 4.90 Å². The Morgan fingerprint density at radius 2 is 2.06 bits per heavy atom. The maximum atomic E-state index is 12.1. The molecule has 1 aliphatic heterocycles. The van der Waals surface area contributed by atoms with Crippen molar-refractivity contribution in [3.8, 4) is 6.07 Å². The van der Waals surface area contributed by atoms with Crippen molar-refractivity contribution >= 4 is 10.0 Å². The molecule has 2 rings (SSSR count). The number of likely N-dealkylation sites (N-methyl/N-ethyl adjacent to an activating group) is 1. The predicted octanol–water partition coefficient (Wildman–Crippen LogP) is 0.541. The van der Waals surface area contributed by atoms with Gasteiger partial charge in [-0.3, -0.25) is 0 Å². The second kappa shape index (κ2) is 5.06. The fourth-order valence-corrected chi connectivity index (χ4v) is 3.29. The predicted molar refractivity (Wildman–Crippen MR) is 67.4 cm³/mol. The van der Waals surface area contributed by atoms with E-state index < -0.39 is 10.0 Å². The van der Waals surface area contributed by atoms with Crippen molar-refractivity contribution in [1.29, 1.82) is 5.26 Å². The highest BCUT2D eigenvalue weighted by atomic mass is 32.2. The van der Waals surface area contributed by atoms with Crippen LogP contribution in [0.3, 0.4) is 0 Å². The molecule has 18 heavy (non-hydrogen) atoms. The molecule has 0 aromatic heterocycles. The molecule has 0 spiro atoms. The molecule has 1 aliphatic rings. The third-order valence-corrected chi connectivity index (χ3v) is 4.54. The fraction of sp³-hybridized carbons (Fsp3) is 0.417. The normalized spacial score (nSPS) is 20.8. The Kier molecular flexibility index (Phi) is 3.66. The lowest BCUT2D eigenvalue weighted by molar-refractivity contribution is 0.407. The number of likely N-dealkylation sites (tertiary alicyclic amines) is 1. The van der Waals surface area contributed by atoms with Gasteiger partial charge in [0.2, 0.25) is 10.0 Å². The minimum atomic E-state index is -3.48. The minimum Gasteiger partial charge on any atom is -0.305 e. The molecule has 0 bridgehead atoms. The van der Waals surface area contributed by atoms with Crippen molar-refractivity contribution in [2.45, 2.75) is 17.4 Å². The third kappa shape index (κ3) is 2.88. The molecule has 5 nitrogen and oxygen atoms in total. The van der Waals surface area contributed by atoms with Crippen LogP contribution < -0.4 is 4.72 Å². The highest BCUT2D eigenvalue weighted by Crippen LogP contribution is 2.13. The summed E-state index contributed by atoms with van der Waals surface area (Å²) in [6.45, 7) is 1.63. The van der Waals surface area contributed by atoms with Gasteiger partial charge in [-0.25, -0.2) is 13.1 Å². The number of sulfonamides is 1. The van der Waals surface area contributed by atoms with Crippen LogP contribution in [0.15, 0.2) is 29.2 Å². The average molecular weight is 265 g/mol. The minimum absolute atomic E-state index is 0.0318. The zero-order valence-corrected chi connectivity index (χ0v) is 10.9. The molecule has 1 N–H and O–H groups in total. The summed E-state index contributed by atoms with van der Waals surface area (Å²) in [5.41, 5.74) is 0.453. The lowest BCUT2D eigenvalue weighted by Gasteiger charge is -2.13. The van der Waals surface area contributed by atoms with Crippen LogP contribution in [0.25, 0.3) is 0 Å². The summed E-state index contributed by atoms with van der Waals surface area (Å²) in [4.78, 5) is 2.29. The molecule has 1 aromatic rings. The summed E-state index contributed by atoms with van der Waals surface area (Å²) in [6.07, 6.45) is 0.825. The lowest BCUT2D eigenvalue weighted by atomic mass is 10.2. The molecule has 96 valence electrons. The Balaban J connectivity index is 2.13. The topological polar surface area (TPSA) is 73.2 Å². The molecule has 1 unspecified atom stereocenters. The number of nitrogens with one attached hydrogen (secondary N) is 1. The van der Waals surface area contributed by atoms with Gasteiger partial charge in [0, 0.05) is 12.6 Å². The first kappa shape index (κ1) is 13.0. The maximum absolute atomic E-state index is 12.1. The van der Waals surface area contributed by atoms with Crippen LogP contribution in [0.5, 0.6) is 0 Å². The van der Waals surface area contributed by atoms with Gasteiger partial charge in [-0.2, -0.15) is 5.26 Å². The second-order valence-corrected chi connectivity index (χ2v) is 6.22. The lowest BCUT2D eigenvalue weighted by Crippen LogP contribution is -2.36. The Morgan fingerprint density at radius 3 is 2.56 bits per heavy atom. The Labute approximate surface area is 107 Å². The number of nitriles is 1. The summed E-state index contributed by atoms with van der Waals surface area (Å²) in [5.74, 6) is 0. The summed E-state index contributed by atoms with van der Waals surface area (Å²) in [6, 6.07) is 7.87. The Morgan fingerprint density at radius 1 is 1.39 bits per heavy atom. The van der Waals surface area contributed by atoms with E-state index >= 15 is 0 Å². The van der Waals surface area contributed by atoms with E-state index in [1.807, 2.05) is 13.1 Å². The molecule has 0 radical (unpaired) electrons. The van der Waals surface area contributed by atoms with Crippen LogP contribution in [-0.4, -0.2) is 39.5 Å². The summed E-state index contributed by atoms with van der Waals surface area (Å²) in [5, 5.41) is 8.67. The van der Waals surface area contributed by atoms with E-state index in [1.54, 1.807) is 0 Å². The van der Waals surface area contributed by atoms with Crippen LogP contribution in [-0.2, 0) is 10.0 Å². The third-order valence-electron chi connectivity index (χ3n) is 3.01. The van der Waals surface area contributed by atoms with Crippen molar-refractivity contribution in [3.63, 3.8) is 0 Å². The van der Waals surface area contributed by atoms with Gasteiger partial charge in [0.25, 0.3) is 0 Å². The summed E-state index contributed by atoms with van der Waals surface area (Å²) in [7, 11) is -1.51. The van der Waals surface area contributed by atoms with E-state index in [0.29, 0.717) is 5.56 Å². The molecule has 1 saturated heterocycles. The second-order valence-electron chi connectivity index (χ2n) is 4.51. The van der Waals surface area contributed by atoms with Crippen molar-refractivity contribution in [3.05, 3.63) is 29.8 Å². The molecule has 6 heteroatoms. The van der Waals surface area contributed by atoms with Gasteiger partial charge in [0.1, 0.15) is 0 Å². The molecule has 1 aromatic carbocycles. The summed E-state index contributed by atoms with van der Waals surface area (Å²) >= 11 is 0. The largest absolute Gasteiger partial charge is 0.305 e. The van der Waals surface area contributed by atoms with Crippen LogP contribution in [0.1, 0.15) is 12.0 Å². The Bertz CT molecular complexity index is 560. The van der Waals surface area contributed by atoms with E-state index in [1.165, 1.54) is 24.3 Å². The molecule has 0 aliphatic carbocycles. The molecule has 1 heterocycles. The number of nitrogens with zero attached hydrogens (tertiary/aromatic N) is 2. The van der Waals surface area contributed by atoms with Crippen LogP contribution >= 0.6 is 0 Å². The van der Waals surface area contributed by atoms with Gasteiger partial charge in [0.15, 0.2) is 0 Å². The van der Waals surface area contributed by atoms with Crippen LogP contribution in [0, 0.1) is 11.3 Å². The van der Waals surface area contributed by atoms with E-state index in [2.05, 4.69) is 9.62 Å². The number of hydrogen-bond donors (Lipinski definition) is 1. The average Bonchev–Trinajstić information content (AvgIpc) is 2.74. The highest BCUT2D eigenvalue weighted by Gasteiger charge is 2.25. The van der Waals surface area contributed by atoms with E-state index in [4.69, 9.17) is 5.26 Å². The van der Waals surface area contributed by atoms with Crippen LogP contribution in [0.4, 0.5) is 0 Å². The standard InChI is InChI=1S/C12H15N3O2S/c1-15-7-6-11(9-15)14-18(16,17)12-4-2-10(8-13)3-5-12/h2-5,11,14H,6-7,9H2,1H3. The number of benzene rings is 1. The van der Waals surface area contributed by atoms with E-state index in [-0.39, 0.29) is 10.9 Å². The molecular formula is C12H15N3O2S. The van der Waals surface area contributed by atoms with Crippen molar-refractivity contribution < 1.29 is 8.42 Å². The van der Waals surface area contributed by atoms with Crippen molar-refractivity contribution in [1.82, 2.24) is 9.62 Å². The summed E-state index contributed by atoms with van der Waals surface area (Å²) < 4.78 is 26.9. The molecule has 1 atom stereocenters. The first-order valence-electron chi connectivity index (χ1n) is 5.72. The first-order valence-corrected chi connectivity index (χ1v) is 7.20. The van der Waals surface area contributed by atoms with Gasteiger partial charge in [-0.15, -0.1) is 0 Å².